The van der Waals surface area contributed by atoms with Gasteiger partial charge in [-0.15, -0.1) is 0 Å². The average Bonchev–Trinajstić information content (AvgIpc) is 3.26. The van der Waals surface area contributed by atoms with Crippen molar-refractivity contribution in [3.63, 3.8) is 0 Å². The number of nitrogens with zero attached hydrogens (tertiary/aromatic N) is 5. The van der Waals surface area contributed by atoms with Crippen LogP contribution >= 0.6 is 11.6 Å². The Balaban J connectivity index is 2.04. The molecule has 1 N–H and O–H groups in total. The molecule has 3 heterocycles. The minimum atomic E-state index is -4.60. The van der Waals surface area contributed by atoms with E-state index in [0.29, 0.717) is 16.4 Å². The second-order valence-electron chi connectivity index (χ2n) is 5.39. The van der Waals surface area contributed by atoms with Crippen LogP contribution in [0.1, 0.15) is 5.82 Å². The fourth-order valence-electron chi connectivity index (χ4n) is 2.79. The standard InChI is InChI=1S/C15H10ClF3N6/c1-24-10-6-8(16)2-3-9(10)11(25-5-4-20-7-25)12(24)13-21-14(23-22-13)15(17,18)19/h2-7H,1H3,(H,21,22,23). The zero-order valence-electron chi connectivity index (χ0n) is 12.7. The number of hydrogen-bond donors (Lipinski definition) is 1. The number of benzene rings is 1. The molecule has 1 aromatic carbocycles. The molecule has 128 valence electrons. The summed E-state index contributed by atoms with van der Waals surface area (Å²) in [6.07, 6.45) is 0.236. The Morgan fingerprint density at radius 3 is 2.68 bits per heavy atom. The van der Waals surface area contributed by atoms with Gasteiger partial charge in [-0.25, -0.2) is 9.97 Å². The molecule has 10 heteroatoms. The quantitative estimate of drug-likeness (QED) is 0.586. The Hall–Kier alpha value is -2.81. The molecule has 0 aliphatic carbocycles. The summed E-state index contributed by atoms with van der Waals surface area (Å²) in [5.41, 5.74) is 1.78. The first kappa shape index (κ1) is 15.7. The SMILES string of the molecule is Cn1c(-c2n[nH]c(C(F)(F)F)n2)c(-n2ccnc2)c2ccc(Cl)cc21. The number of aromatic amines is 1. The first-order valence-electron chi connectivity index (χ1n) is 7.12. The molecule has 4 rings (SSSR count). The minimum absolute atomic E-state index is 0.0640. The van der Waals surface area contributed by atoms with E-state index in [4.69, 9.17) is 11.6 Å². The van der Waals surface area contributed by atoms with Crippen LogP contribution in [-0.4, -0.2) is 29.3 Å². The maximum Gasteiger partial charge on any atom is 0.451 e. The summed E-state index contributed by atoms with van der Waals surface area (Å²) in [5.74, 6) is -1.21. The third-order valence-electron chi connectivity index (χ3n) is 3.86. The number of aryl methyl sites for hydroxylation is 1. The maximum absolute atomic E-state index is 12.9. The highest BCUT2D eigenvalue weighted by Gasteiger charge is 2.36. The Morgan fingerprint density at radius 2 is 2.04 bits per heavy atom. The molecule has 4 aromatic rings. The van der Waals surface area contributed by atoms with Crippen molar-refractivity contribution in [1.29, 1.82) is 0 Å². The second-order valence-corrected chi connectivity index (χ2v) is 5.83. The van der Waals surface area contributed by atoms with E-state index in [1.807, 2.05) is 5.10 Å². The highest BCUT2D eigenvalue weighted by Crippen LogP contribution is 2.36. The van der Waals surface area contributed by atoms with Crippen LogP contribution in [0.5, 0.6) is 0 Å². The second kappa shape index (κ2) is 5.35. The number of alkyl halides is 3. The normalized spacial score (nSPS) is 12.2. The molecular weight excluding hydrogens is 357 g/mol. The summed E-state index contributed by atoms with van der Waals surface area (Å²) in [6.45, 7) is 0. The molecule has 0 radical (unpaired) electrons. The van der Waals surface area contributed by atoms with Gasteiger partial charge in [0.25, 0.3) is 0 Å². The first-order valence-corrected chi connectivity index (χ1v) is 7.50. The Kier molecular flexibility index (Phi) is 3.36. The first-order chi connectivity index (χ1) is 11.9. The van der Waals surface area contributed by atoms with Gasteiger partial charge in [-0.1, -0.05) is 11.6 Å². The molecule has 0 atom stereocenters. The van der Waals surface area contributed by atoms with E-state index < -0.39 is 12.0 Å². The van der Waals surface area contributed by atoms with Crippen LogP contribution in [0, 0.1) is 0 Å². The number of aromatic nitrogens is 6. The molecule has 3 aromatic heterocycles. The number of H-pyrrole nitrogens is 1. The topological polar surface area (TPSA) is 64.3 Å². The van der Waals surface area contributed by atoms with Crippen LogP contribution in [0.4, 0.5) is 13.2 Å². The monoisotopic (exact) mass is 366 g/mol. The van der Waals surface area contributed by atoms with Crippen LogP contribution < -0.4 is 0 Å². The maximum atomic E-state index is 12.9. The Bertz CT molecular complexity index is 1060. The van der Waals surface area contributed by atoms with Gasteiger partial charge < -0.3 is 9.13 Å². The van der Waals surface area contributed by atoms with Gasteiger partial charge in [0.05, 0.1) is 17.5 Å². The van der Waals surface area contributed by atoms with E-state index in [-0.39, 0.29) is 5.82 Å². The fraction of sp³-hybridized carbons (Fsp3) is 0.133. The van der Waals surface area contributed by atoms with Gasteiger partial charge in [0, 0.05) is 29.9 Å². The number of halogens is 4. The smallest absolute Gasteiger partial charge is 0.339 e. The number of imidazole rings is 1. The highest BCUT2D eigenvalue weighted by atomic mass is 35.5. The number of hydrogen-bond acceptors (Lipinski definition) is 3. The predicted octanol–water partition coefficient (Wildman–Crippen LogP) is 3.82. The molecule has 0 spiro atoms. The van der Waals surface area contributed by atoms with Crippen LogP contribution in [0.2, 0.25) is 5.02 Å². The van der Waals surface area contributed by atoms with E-state index >= 15 is 0 Å². The summed E-state index contributed by atoms with van der Waals surface area (Å²) in [7, 11) is 1.72. The minimum Gasteiger partial charge on any atom is -0.339 e. The lowest BCUT2D eigenvalue weighted by atomic mass is 10.2. The molecule has 0 aliphatic rings. The molecular formula is C15H10ClF3N6. The van der Waals surface area contributed by atoms with Crippen molar-refractivity contribution in [3.8, 4) is 17.2 Å². The van der Waals surface area contributed by atoms with Gasteiger partial charge in [-0.3, -0.25) is 5.10 Å². The van der Waals surface area contributed by atoms with Gasteiger partial charge in [-0.2, -0.15) is 18.3 Å². The molecule has 25 heavy (non-hydrogen) atoms. The van der Waals surface area contributed by atoms with Gasteiger partial charge in [-0.05, 0) is 18.2 Å². The van der Waals surface area contributed by atoms with Crippen LogP contribution in [0.3, 0.4) is 0 Å². The van der Waals surface area contributed by atoms with E-state index in [0.717, 1.165) is 10.9 Å². The Morgan fingerprint density at radius 1 is 1.24 bits per heavy atom. The van der Waals surface area contributed by atoms with E-state index in [9.17, 15) is 13.2 Å². The highest BCUT2D eigenvalue weighted by molar-refractivity contribution is 6.31. The van der Waals surface area contributed by atoms with E-state index in [1.165, 1.54) is 0 Å². The summed E-state index contributed by atoms with van der Waals surface area (Å²) >= 11 is 6.07. The lowest BCUT2D eigenvalue weighted by molar-refractivity contribution is -0.144. The van der Waals surface area contributed by atoms with Crippen molar-refractivity contribution in [2.45, 2.75) is 6.18 Å². The average molecular weight is 367 g/mol. The lowest BCUT2D eigenvalue weighted by Crippen LogP contribution is -2.07. The van der Waals surface area contributed by atoms with Crippen LogP contribution in [0.25, 0.3) is 28.1 Å². The zero-order chi connectivity index (χ0) is 17.8. The number of nitrogens with one attached hydrogen (secondary N) is 1. The van der Waals surface area contributed by atoms with Gasteiger partial charge >= 0.3 is 6.18 Å². The molecule has 0 bridgehead atoms. The van der Waals surface area contributed by atoms with Crippen molar-refractivity contribution in [3.05, 3.63) is 47.8 Å². The van der Waals surface area contributed by atoms with Crippen molar-refractivity contribution in [2.75, 3.05) is 0 Å². The summed E-state index contributed by atoms with van der Waals surface area (Å²) in [5, 5.41) is 7.01. The molecule has 0 saturated heterocycles. The third-order valence-corrected chi connectivity index (χ3v) is 4.10. The number of rotatable bonds is 2. The van der Waals surface area contributed by atoms with Crippen LogP contribution in [-0.2, 0) is 13.2 Å². The summed E-state index contributed by atoms with van der Waals surface area (Å²) in [4.78, 5) is 7.63. The van der Waals surface area contributed by atoms with E-state index in [2.05, 4.69) is 15.1 Å². The third kappa shape index (κ3) is 2.47. The molecule has 0 fully saturated rings. The van der Waals surface area contributed by atoms with Crippen LogP contribution in [0.15, 0.2) is 36.9 Å². The Labute approximate surface area is 143 Å². The summed E-state index contributed by atoms with van der Waals surface area (Å²) in [6, 6.07) is 5.25. The number of fused-ring (bicyclic) bond motifs is 1. The van der Waals surface area contributed by atoms with Gasteiger partial charge in [0.15, 0.2) is 5.82 Å². The van der Waals surface area contributed by atoms with Gasteiger partial charge in [0.1, 0.15) is 5.69 Å². The summed E-state index contributed by atoms with van der Waals surface area (Å²) < 4.78 is 42.0. The van der Waals surface area contributed by atoms with Crippen molar-refractivity contribution in [1.82, 2.24) is 29.3 Å². The molecule has 0 saturated carbocycles. The fourth-order valence-corrected chi connectivity index (χ4v) is 2.96. The molecule has 0 amide bonds. The van der Waals surface area contributed by atoms with E-state index in [1.54, 1.807) is 53.1 Å². The predicted molar refractivity (Wildman–Crippen MR) is 85.4 cm³/mol. The zero-order valence-corrected chi connectivity index (χ0v) is 13.5. The van der Waals surface area contributed by atoms with Gasteiger partial charge in [0.2, 0.25) is 5.82 Å². The van der Waals surface area contributed by atoms with Crippen molar-refractivity contribution >= 4 is 22.5 Å². The molecule has 0 aliphatic heterocycles. The molecule has 6 nitrogen and oxygen atoms in total. The van der Waals surface area contributed by atoms with Crippen molar-refractivity contribution < 1.29 is 13.2 Å². The largest absolute Gasteiger partial charge is 0.451 e. The van der Waals surface area contributed by atoms with Crippen molar-refractivity contribution in [2.24, 2.45) is 7.05 Å². The molecule has 0 unspecified atom stereocenters. The lowest BCUT2D eigenvalue weighted by Gasteiger charge is -2.05.